The summed E-state index contributed by atoms with van der Waals surface area (Å²) in [6.45, 7) is 0.432. The number of fused-ring (bicyclic) bond motifs is 1. The van der Waals surface area contributed by atoms with E-state index in [1.807, 2.05) is 18.3 Å². The number of amides is 2. The molecule has 0 saturated heterocycles. The van der Waals surface area contributed by atoms with E-state index in [1.54, 1.807) is 24.3 Å². The number of unbranched alkanes of at least 4 members (excludes halogenated alkanes) is 2. The Morgan fingerprint density at radius 2 is 1.57 bits per heavy atom. The molecule has 1 aliphatic rings. The molecule has 0 unspecified atom stereocenters. The third kappa shape index (κ3) is 4.82. The van der Waals surface area contributed by atoms with Crippen molar-refractivity contribution in [2.24, 2.45) is 0 Å². The SMILES string of the molecule is O=C(O)CCCCc1ccc(CCCCN2C(=O)c3ccccc3C2=O)cn1. The molecule has 2 amide bonds. The van der Waals surface area contributed by atoms with Crippen LogP contribution in [0.4, 0.5) is 0 Å². The van der Waals surface area contributed by atoms with Gasteiger partial charge in [-0.2, -0.15) is 0 Å². The van der Waals surface area contributed by atoms with Crippen molar-refractivity contribution in [3.8, 4) is 0 Å². The molecule has 3 rings (SSSR count). The number of benzene rings is 1. The molecule has 1 aromatic heterocycles. The zero-order chi connectivity index (χ0) is 19.9. The van der Waals surface area contributed by atoms with E-state index in [-0.39, 0.29) is 18.2 Å². The third-order valence-corrected chi connectivity index (χ3v) is 4.93. The molecule has 0 spiro atoms. The standard InChI is InChI=1S/C22H24N2O4/c25-20(26)11-4-1-8-17-13-12-16(15-23-17)7-5-6-14-24-21(27)18-9-2-3-10-19(18)22(24)28/h2-3,9-10,12-13,15H,1,4-8,11,14H2,(H,25,26). The van der Waals surface area contributed by atoms with E-state index in [2.05, 4.69) is 4.98 Å². The van der Waals surface area contributed by atoms with Crippen molar-refractivity contribution in [2.75, 3.05) is 6.54 Å². The summed E-state index contributed by atoms with van der Waals surface area (Å²) in [5.74, 6) is -1.16. The summed E-state index contributed by atoms with van der Waals surface area (Å²) < 4.78 is 0. The molecule has 6 heteroatoms. The zero-order valence-electron chi connectivity index (χ0n) is 15.8. The molecule has 0 bridgehead atoms. The number of hydrogen-bond donors (Lipinski definition) is 1. The molecule has 2 aromatic rings. The second kappa shape index (κ2) is 9.26. The van der Waals surface area contributed by atoms with Crippen LogP contribution in [-0.4, -0.2) is 39.3 Å². The maximum atomic E-state index is 12.3. The highest BCUT2D eigenvalue weighted by Crippen LogP contribution is 2.22. The molecule has 6 nitrogen and oxygen atoms in total. The normalized spacial score (nSPS) is 13.1. The molecule has 0 saturated carbocycles. The Morgan fingerprint density at radius 3 is 2.18 bits per heavy atom. The van der Waals surface area contributed by atoms with Crippen LogP contribution in [0.25, 0.3) is 0 Å². The fourth-order valence-corrected chi connectivity index (χ4v) is 3.37. The number of aromatic nitrogens is 1. The molecule has 146 valence electrons. The maximum Gasteiger partial charge on any atom is 0.303 e. The van der Waals surface area contributed by atoms with Gasteiger partial charge in [-0.25, -0.2) is 0 Å². The van der Waals surface area contributed by atoms with Crippen molar-refractivity contribution < 1.29 is 19.5 Å². The van der Waals surface area contributed by atoms with Gasteiger partial charge in [-0.05, 0) is 62.3 Å². The van der Waals surface area contributed by atoms with Crippen LogP contribution in [0.3, 0.4) is 0 Å². The van der Waals surface area contributed by atoms with E-state index in [0.29, 0.717) is 24.1 Å². The summed E-state index contributed by atoms with van der Waals surface area (Å²) in [5.41, 5.74) is 3.09. The Kier molecular flexibility index (Phi) is 6.53. The lowest BCUT2D eigenvalue weighted by molar-refractivity contribution is -0.137. The van der Waals surface area contributed by atoms with Crippen LogP contribution in [0.5, 0.6) is 0 Å². The van der Waals surface area contributed by atoms with Gasteiger partial charge in [0, 0.05) is 24.9 Å². The van der Waals surface area contributed by atoms with Gasteiger partial charge in [0.15, 0.2) is 0 Å². The fraction of sp³-hybridized carbons (Fsp3) is 0.364. The predicted molar refractivity (Wildman–Crippen MR) is 104 cm³/mol. The van der Waals surface area contributed by atoms with Crippen LogP contribution in [0.15, 0.2) is 42.6 Å². The van der Waals surface area contributed by atoms with Crippen LogP contribution in [-0.2, 0) is 17.6 Å². The first kappa shape index (κ1) is 19.7. The predicted octanol–water partition coefficient (Wildman–Crippen LogP) is 3.50. The fourth-order valence-electron chi connectivity index (χ4n) is 3.37. The average molecular weight is 380 g/mol. The number of nitrogens with zero attached hydrogens (tertiary/aromatic N) is 2. The monoisotopic (exact) mass is 380 g/mol. The van der Waals surface area contributed by atoms with E-state index in [9.17, 15) is 14.4 Å². The number of imide groups is 1. The molecule has 0 fully saturated rings. The van der Waals surface area contributed by atoms with Gasteiger partial charge >= 0.3 is 5.97 Å². The molecule has 0 atom stereocenters. The summed E-state index contributed by atoms with van der Waals surface area (Å²) in [6.07, 6.45) is 6.79. The highest BCUT2D eigenvalue weighted by Gasteiger charge is 2.34. The van der Waals surface area contributed by atoms with Crippen molar-refractivity contribution >= 4 is 17.8 Å². The number of hydrogen-bond acceptors (Lipinski definition) is 4. The Hall–Kier alpha value is -3.02. The summed E-state index contributed by atoms with van der Waals surface area (Å²) in [5, 5.41) is 8.64. The minimum Gasteiger partial charge on any atom is -0.481 e. The molecule has 0 aliphatic carbocycles. The number of aliphatic carboxylic acids is 1. The summed E-state index contributed by atoms with van der Waals surface area (Å²) >= 11 is 0. The summed E-state index contributed by atoms with van der Waals surface area (Å²) in [6, 6.07) is 11.0. The quantitative estimate of drug-likeness (QED) is 0.503. The van der Waals surface area contributed by atoms with E-state index in [1.165, 1.54) is 4.90 Å². The van der Waals surface area contributed by atoms with Gasteiger partial charge in [-0.1, -0.05) is 18.2 Å². The molecule has 0 radical (unpaired) electrons. The van der Waals surface area contributed by atoms with E-state index >= 15 is 0 Å². The number of carboxylic acids is 1. The topological polar surface area (TPSA) is 87.6 Å². The minimum atomic E-state index is -0.760. The van der Waals surface area contributed by atoms with Crippen molar-refractivity contribution in [3.63, 3.8) is 0 Å². The highest BCUT2D eigenvalue weighted by molar-refractivity contribution is 6.21. The van der Waals surface area contributed by atoms with Gasteiger partial charge in [-0.3, -0.25) is 24.3 Å². The van der Waals surface area contributed by atoms with E-state index < -0.39 is 5.97 Å². The highest BCUT2D eigenvalue weighted by atomic mass is 16.4. The van der Waals surface area contributed by atoms with E-state index in [4.69, 9.17) is 5.11 Å². The molecule has 1 aliphatic heterocycles. The van der Waals surface area contributed by atoms with Crippen LogP contribution in [0.1, 0.15) is 64.1 Å². The number of carboxylic acid groups (broad SMARTS) is 1. The van der Waals surface area contributed by atoms with Gasteiger partial charge in [-0.15, -0.1) is 0 Å². The van der Waals surface area contributed by atoms with E-state index in [0.717, 1.165) is 43.4 Å². The second-order valence-corrected chi connectivity index (χ2v) is 7.02. The van der Waals surface area contributed by atoms with Gasteiger partial charge in [0.05, 0.1) is 11.1 Å². The molecular formula is C22H24N2O4. The Bertz CT molecular complexity index is 826. The molecule has 28 heavy (non-hydrogen) atoms. The van der Waals surface area contributed by atoms with Crippen molar-refractivity contribution in [2.45, 2.75) is 44.9 Å². The smallest absolute Gasteiger partial charge is 0.303 e. The minimum absolute atomic E-state index is 0.200. The number of rotatable bonds is 10. The van der Waals surface area contributed by atoms with Crippen molar-refractivity contribution in [3.05, 3.63) is 65.0 Å². The Balaban J connectivity index is 1.39. The number of carbonyl (C=O) groups excluding carboxylic acids is 2. The summed E-state index contributed by atoms with van der Waals surface area (Å²) in [7, 11) is 0. The van der Waals surface area contributed by atoms with Crippen LogP contribution in [0, 0.1) is 0 Å². The van der Waals surface area contributed by atoms with Crippen molar-refractivity contribution in [1.29, 1.82) is 0 Å². The maximum absolute atomic E-state index is 12.3. The number of aryl methyl sites for hydroxylation is 2. The lowest BCUT2D eigenvalue weighted by Crippen LogP contribution is -2.30. The molecule has 1 aromatic carbocycles. The second-order valence-electron chi connectivity index (χ2n) is 7.02. The lowest BCUT2D eigenvalue weighted by atomic mass is 10.1. The van der Waals surface area contributed by atoms with Gasteiger partial charge in [0.2, 0.25) is 0 Å². The first-order valence-electron chi connectivity index (χ1n) is 9.67. The largest absolute Gasteiger partial charge is 0.481 e. The van der Waals surface area contributed by atoms with Crippen LogP contribution in [0.2, 0.25) is 0 Å². The van der Waals surface area contributed by atoms with Crippen LogP contribution >= 0.6 is 0 Å². The van der Waals surface area contributed by atoms with Gasteiger partial charge in [0.25, 0.3) is 11.8 Å². The molecule has 1 N–H and O–H groups in total. The number of carbonyl (C=O) groups is 3. The lowest BCUT2D eigenvalue weighted by Gasteiger charge is -2.13. The zero-order valence-corrected chi connectivity index (χ0v) is 15.8. The third-order valence-electron chi connectivity index (χ3n) is 4.93. The Labute approximate surface area is 164 Å². The van der Waals surface area contributed by atoms with Gasteiger partial charge in [0.1, 0.15) is 0 Å². The number of pyridine rings is 1. The Morgan fingerprint density at radius 1 is 0.893 bits per heavy atom. The van der Waals surface area contributed by atoms with Crippen LogP contribution < -0.4 is 0 Å². The first-order chi connectivity index (χ1) is 13.6. The first-order valence-corrected chi connectivity index (χ1v) is 9.67. The molecular weight excluding hydrogens is 356 g/mol. The summed E-state index contributed by atoms with van der Waals surface area (Å²) in [4.78, 5) is 40.9. The van der Waals surface area contributed by atoms with Gasteiger partial charge < -0.3 is 5.11 Å². The molecule has 2 heterocycles. The van der Waals surface area contributed by atoms with Crippen molar-refractivity contribution in [1.82, 2.24) is 9.88 Å². The average Bonchev–Trinajstić information content (AvgIpc) is 2.94.